The van der Waals surface area contributed by atoms with E-state index in [0.717, 1.165) is 18.6 Å². The average molecular weight is 576 g/mol. The Labute approximate surface area is 222 Å². The Morgan fingerprint density at radius 2 is 1.59 bits per heavy atom. The number of fused-ring (bicyclic) bond motifs is 2. The smallest absolute Gasteiger partial charge is 0.336 e. The summed E-state index contributed by atoms with van der Waals surface area (Å²) < 4.78 is 74.6. The van der Waals surface area contributed by atoms with Crippen molar-refractivity contribution < 1.29 is 50.5 Å². The summed E-state index contributed by atoms with van der Waals surface area (Å²) in [6.45, 7) is 1.90. The van der Waals surface area contributed by atoms with Crippen LogP contribution in [0.3, 0.4) is 0 Å². The van der Waals surface area contributed by atoms with E-state index in [9.17, 15) is 40.6 Å². The number of rotatable bonds is 8. The molecule has 0 radical (unpaired) electrons. The molecule has 0 saturated heterocycles. The van der Waals surface area contributed by atoms with Crippen molar-refractivity contribution in [3.8, 4) is 22.5 Å². The molecule has 0 saturated carbocycles. The van der Waals surface area contributed by atoms with Gasteiger partial charge in [0.25, 0.3) is 10.1 Å². The van der Waals surface area contributed by atoms with E-state index < -0.39 is 58.4 Å². The molecule has 1 aliphatic carbocycles. The van der Waals surface area contributed by atoms with Crippen LogP contribution in [0.2, 0.25) is 0 Å². The number of unbranched alkanes of at least 4 members (excludes halogenated alkanes) is 1. The van der Waals surface area contributed by atoms with Crippen LogP contribution in [0, 0.1) is 0 Å². The first-order valence-corrected chi connectivity index (χ1v) is 14.3. The molecule has 1 heterocycles. The summed E-state index contributed by atoms with van der Waals surface area (Å²) in [6, 6.07) is 8.76. The number of anilines is 1. The minimum absolute atomic E-state index is 0.0361. The van der Waals surface area contributed by atoms with E-state index >= 15 is 0 Å². The number of benzene rings is 3. The molecular weight excluding hydrogens is 552 g/mol. The maximum atomic E-state index is 12.6. The van der Waals surface area contributed by atoms with Gasteiger partial charge in [0.1, 0.15) is 0 Å². The Kier molecular flexibility index (Phi) is 7.08. The van der Waals surface area contributed by atoms with Gasteiger partial charge in [-0.15, -0.1) is 0 Å². The van der Waals surface area contributed by atoms with Crippen molar-refractivity contribution in [3.05, 3.63) is 58.9 Å². The first-order chi connectivity index (χ1) is 18.2. The summed E-state index contributed by atoms with van der Waals surface area (Å²) in [6.07, 6.45) is 1.54. The summed E-state index contributed by atoms with van der Waals surface area (Å²) in [5.41, 5.74) is 4.36. The first kappa shape index (κ1) is 27.9. The third-order valence-corrected chi connectivity index (χ3v) is 8.02. The summed E-state index contributed by atoms with van der Waals surface area (Å²) in [4.78, 5) is 23.2. The molecule has 4 rings (SSSR count). The fourth-order valence-corrected chi connectivity index (χ4v) is 5.92. The van der Waals surface area contributed by atoms with E-state index in [1.807, 2.05) is 6.92 Å². The van der Waals surface area contributed by atoms with Crippen molar-refractivity contribution in [1.29, 1.82) is 0 Å². The van der Waals surface area contributed by atoms with Gasteiger partial charge in [0.15, 0.2) is 22.0 Å². The zero-order valence-electron chi connectivity index (χ0n) is 20.3. The molecule has 0 atom stereocenters. The van der Waals surface area contributed by atoms with Crippen molar-refractivity contribution in [2.45, 2.75) is 36.0 Å². The Balaban J connectivity index is 2.25. The summed E-state index contributed by atoms with van der Waals surface area (Å²) in [5.74, 6) is -2.34. The molecule has 1 aliphatic heterocycles. The largest absolute Gasteiger partial charge is 0.478 e. The summed E-state index contributed by atoms with van der Waals surface area (Å²) in [7, 11) is -10.1. The molecule has 14 heteroatoms. The summed E-state index contributed by atoms with van der Waals surface area (Å²) in [5, 5.41) is 15.4. The number of carbonyl (C=O) groups is 2. The number of ketones is 1. The van der Waals surface area contributed by atoms with Gasteiger partial charge in [-0.05, 0) is 36.2 Å². The third kappa shape index (κ3) is 5.02. The molecule has 0 fully saturated rings. The van der Waals surface area contributed by atoms with E-state index in [1.165, 1.54) is 30.3 Å². The topological polar surface area (TPSA) is 228 Å². The average Bonchev–Trinajstić information content (AvgIpc) is 2.83. The lowest BCUT2D eigenvalue weighted by atomic mass is 9.89. The highest BCUT2D eigenvalue weighted by Crippen LogP contribution is 2.45. The molecule has 7 N–H and O–H groups in total. The fourth-order valence-electron chi connectivity index (χ4n) is 4.42. The number of hydrogen-bond donors (Lipinski definition) is 5. The van der Waals surface area contributed by atoms with E-state index in [1.54, 1.807) is 0 Å². The second-order valence-electron chi connectivity index (χ2n) is 8.74. The maximum absolute atomic E-state index is 12.6. The lowest BCUT2D eigenvalue weighted by Gasteiger charge is -2.19. The highest BCUT2D eigenvalue weighted by atomic mass is 32.2. The van der Waals surface area contributed by atoms with E-state index in [4.69, 9.17) is 15.6 Å². The predicted octanol–water partition coefficient (Wildman–Crippen LogP) is 2.01. The molecule has 12 nitrogen and oxygen atoms in total. The van der Waals surface area contributed by atoms with Crippen LogP contribution in [-0.4, -0.2) is 42.8 Å². The van der Waals surface area contributed by atoms with Crippen molar-refractivity contribution in [3.63, 3.8) is 0 Å². The number of nitrogens with two attached hydrogens (primary N) is 2. The number of hydrogen-bond acceptors (Lipinski definition) is 8. The number of carboxylic acids is 1. The van der Waals surface area contributed by atoms with E-state index in [2.05, 4.69) is 0 Å². The SMILES string of the molecule is CCCCC(=O)c1ccc(-c2c3ccc(=[NH2+])c(S(=O)(=O)O)c-3oc3c(S(=O)(=O)O)c(N)ccc23)c(C(=O)O)c1. The van der Waals surface area contributed by atoms with Crippen LogP contribution in [0.5, 0.6) is 0 Å². The van der Waals surface area contributed by atoms with Crippen molar-refractivity contribution in [2.75, 3.05) is 5.73 Å². The number of Topliss-reactive ketones (excluding diaryl/α,β-unsaturated/α-hetero) is 1. The van der Waals surface area contributed by atoms with Gasteiger partial charge in [0, 0.05) is 34.6 Å². The number of carboxylic acid groups (broad SMARTS) is 1. The van der Waals surface area contributed by atoms with Gasteiger partial charge in [-0.2, -0.15) is 16.8 Å². The lowest BCUT2D eigenvalue weighted by molar-refractivity contribution is -0.176. The highest BCUT2D eigenvalue weighted by molar-refractivity contribution is 7.86. The van der Waals surface area contributed by atoms with Gasteiger partial charge in [-0.25, -0.2) is 4.79 Å². The zero-order chi connectivity index (χ0) is 28.9. The molecular formula is C25H23N2O10S2+. The van der Waals surface area contributed by atoms with Crippen molar-refractivity contribution in [1.82, 2.24) is 0 Å². The monoisotopic (exact) mass is 575 g/mol. The van der Waals surface area contributed by atoms with E-state index in [-0.39, 0.29) is 45.4 Å². The van der Waals surface area contributed by atoms with Crippen LogP contribution < -0.4 is 16.5 Å². The van der Waals surface area contributed by atoms with Gasteiger partial charge in [-0.1, -0.05) is 25.5 Å². The van der Waals surface area contributed by atoms with Crippen molar-refractivity contribution >= 4 is 48.6 Å². The molecule has 204 valence electrons. The lowest BCUT2D eigenvalue weighted by Crippen LogP contribution is -2.47. The number of carbonyl (C=O) groups excluding carboxylic acids is 1. The van der Waals surface area contributed by atoms with Gasteiger partial charge < -0.3 is 15.3 Å². The molecule has 0 bridgehead atoms. The van der Waals surface area contributed by atoms with Crippen LogP contribution in [0.25, 0.3) is 33.4 Å². The van der Waals surface area contributed by atoms with Crippen LogP contribution in [0.4, 0.5) is 5.69 Å². The van der Waals surface area contributed by atoms with Crippen molar-refractivity contribution in [2.24, 2.45) is 0 Å². The first-order valence-electron chi connectivity index (χ1n) is 11.4. The second kappa shape index (κ2) is 9.89. The number of nitrogen functional groups attached to an aromatic ring is 1. The second-order valence-corrected chi connectivity index (χ2v) is 11.5. The van der Waals surface area contributed by atoms with Gasteiger partial charge in [0.05, 0.1) is 11.3 Å². The molecule has 0 aromatic heterocycles. The Bertz CT molecular complexity index is 1930. The third-order valence-electron chi connectivity index (χ3n) is 6.14. The Morgan fingerprint density at radius 1 is 0.949 bits per heavy atom. The van der Waals surface area contributed by atoms with Crippen LogP contribution in [0.1, 0.15) is 46.9 Å². The zero-order valence-corrected chi connectivity index (χ0v) is 22.0. The molecule has 2 aliphatic rings. The standard InChI is InChI=1S/C25H22N2O10S2/c1-2-3-4-19(28)12-5-6-13(16(11-12)25(29)30)20-14-7-9-17(26)23(38(31,32)33)21(14)37-22-15(20)8-10-18(27)24(22)39(34,35)36/h5-11,26H,2-4,27H2,1H3,(H,29,30)(H,31,32,33)(H,34,35,36)/p+1. The molecule has 2 aromatic rings. The minimum Gasteiger partial charge on any atom is -0.478 e. The van der Waals surface area contributed by atoms with Gasteiger partial charge >= 0.3 is 16.1 Å². The quantitative estimate of drug-likeness (QED) is 0.0883. The molecule has 0 unspecified atom stereocenters. The molecule has 0 spiro atoms. The summed E-state index contributed by atoms with van der Waals surface area (Å²) >= 11 is 0. The molecule has 39 heavy (non-hydrogen) atoms. The number of aromatic carboxylic acids is 1. The van der Waals surface area contributed by atoms with Crippen LogP contribution >= 0.6 is 0 Å². The molecule has 0 amide bonds. The molecule has 2 aromatic carbocycles. The highest BCUT2D eigenvalue weighted by Gasteiger charge is 2.33. The maximum Gasteiger partial charge on any atom is 0.336 e. The predicted molar refractivity (Wildman–Crippen MR) is 138 cm³/mol. The Hall–Kier alpha value is -4.11. The van der Waals surface area contributed by atoms with Gasteiger partial charge in [-0.3, -0.25) is 19.3 Å². The van der Waals surface area contributed by atoms with Crippen LogP contribution in [0.15, 0.2) is 56.7 Å². The fraction of sp³-hybridized carbons (Fsp3) is 0.160. The van der Waals surface area contributed by atoms with E-state index in [0.29, 0.717) is 6.42 Å². The minimum atomic E-state index is -5.06. The van der Waals surface area contributed by atoms with Gasteiger partial charge in [0.2, 0.25) is 10.3 Å². The Morgan fingerprint density at radius 3 is 2.18 bits per heavy atom. The normalized spacial score (nSPS) is 12.2. The van der Waals surface area contributed by atoms with Crippen LogP contribution in [-0.2, 0) is 20.2 Å².